The summed E-state index contributed by atoms with van der Waals surface area (Å²) in [4.78, 5) is 13.4. The lowest BCUT2D eigenvalue weighted by Crippen LogP contribution is -2.26. The van der Waals surface area contributed by atoms with Crippen molar-refractivity contribution in [3.05, 3.63) is 29.6 Å². The lowest BCUT2D eigenvalue weighted by atomic mass is 10.1. The van der Waals surface area contributed by atoms with E-state index in [0.717, 1.165) is 6.54 Å². The number of nitrogens with zero attached hydrogens (tertiary/aromatic N) is 1. The Kier molecular flexibility index (Phi) is 4.95. The first-order chi connectivity index (χ1) is 9.60. The van der Waals surface area contributed by atoms with Crippen LogP contribution in [0.3, 0.4) is 0 Å². The zero-order valence-corrected chi connectivity index (χ0v) is 11.9. The van der Waals surface area contributed by atoms with Crippen LogP contribution < -0.4 is 4.74 Å². The number of methoxy groups -OCH3 is 1. The molecule has 0 amide bonds. The van der Waals surface area contributed by atoms with Gasteiger partial charge < -0.3 is 14.4 Å². The van der Waals surface area contributed by atoms with Crippen molar-refractivity contribution in [3.8, 4) is 5.75 Å². The first-order valence-corrected chi connectivity index (χ1v) is 6.78. The van der Waals surface area contributed by atoms with Gasteiger partial charge in [0.25, 0.3) is 0 Å². The Morgan fingerprint density at radius 1 is 1.45 bits per heavy atom. The maximum absolute atomic E-state index is 13.8. The van der Waals surface area contributed by atoms with Crippen molar-refractivity contribution < 1.29 is 18.7 Å². The van der Waals surface area contributed by atoms with Gasteiger partial charge in [-0.3, -0.25) is 4.79 Å². The van der Waals surface area contributed by atoms with E-state index in [1.807, 2.05) is 0 Å². The molecule has 1 aromatic carbocycles. The van der Waals surface area contributed by atoms with Crippen LogP contribution in [0.15, 0.2) is 18.2 Å². The number of benzene rings is 1. The summed E-state index contributed by atoms with van der Waals surface area (Å²) in [5.41, 5.74) is 0.319. The van der Waals surface area contributed by atoms with Crippen molar-refractivity contribution in [2.24, 2.45) is 0 Å². The summed E-state index contributed by atoms with van der Waals surface area (Å²) >= 11 is 0. The highest BCUT2D eigenvalue weighted by atomic mass is 19.1. The van der Waals surface area contributed by atoms with E-state index in [4.69, 9.17) is 4.74 Å². The number of likely N-dealkylation sites (N-methyl/N-ethyl adjacent to an activating group) is 1. The van der Waals surface area contributed by atoms with Gasteiger partial charge in [-0.1, -0.05) is 6.07 Å². The molecular formula is C15H20FNO3. The van der Waals surface area contributed by atoms with Crippen LogP contribution in [0.25, 0.3) is 0 Å². The molecule has 5 heteroatoms. The molecule has 0 aromatic heterocycles. The van der Waals surface area contributed by atoms with Crippen LogP contribution in [0.2, 0.25) is 0 Å². The average molecular weight is 281 g/mol. The SMILES string of the molecule is COC(=O)Cc1ccc(OCCN(C)C2CC2)cc1F. The molecule has 4 nitrogen and oxygen atoms in total. The van der Waals surface area contributed by atoms with E-state index in [9.17, 15) is 9.18 Å². The second kappa shape index (κ2) is 6.70. The van der Waals surface area contributed by atoms with Crippen molar-refractivity contribution in [3.63, 3.8) is 0 Å². The molecule has 110 valence electrons. The van der Waals surface area contributed by atoms with Crippen LogP contribution in [0.1, 0.15) is 18.4 Å². The number of esters is 1. The topological polar surface area (TPSA) is 38.8 Å². The van der Waals surface area contributed by atoms with Crippen molar-refractivity contribution in [1.29, 1.82) is 0 Å². The molecule has 1 aromatic rings. The number of ether oxygens (including phenoxy) is 2. The molecule has 0 bridgehead atoms. The molecule has 2 rings (SSSR count). The number of carbonyl (C=O) groups is 1. The summed E-state index contributed by atoms with van der Waals surface area (Å²) in [6.45, 7) is 1.36. The maximum Gasteiger partial charge on any atom is 0.310 e. The second-order valence-electron chi connectivity index (χ2n) is 5.07. The van der Waals surface area contributed by atoms with Gasteiger partial charge in [0.1, 0.15) is 18.2 Å². The Balaban J connectivity index is 1.83. The van der Waals surface area contributed by atoms with Gasteiger partial charge in [-0.15, -0.1) is 0 Å². The lowest BCUT2D eigenvalue weighted by Gasteiger charge is -2.16. The largest absolute Gasteiger partial charge is 0.492 e. The van der Waals surface area contributed by atoms with E-state index in [1.54, 1.807) is 12.1 Å². The van der Waals surface area contributed by atoms with Crippen molar-refractivity contribution in [2.75, 3.05) is 27.3 Å². The smallest absolute Gasteiger partial charge is 0.310 e. The molecule has 0 saturated heterocycles. The van der Waals surface area contributed by atoms with Gasteiger partial charge >= 0.3 is 5.97 Å². The molecule has 1 saturated carbocycles. The zero-order valence-electron chi connectivity index (χ0n) is 11.9. The van der Waals surface area contributed by atoms with Crippen molar-refractivity contribution in [2.45, 2.75) is 25.3 Å². The maximum atomic E-state index is 13.8. The van der Waals surface area contributed by atoms with E-state index in [1.165, 1.54) is 26.0 Å². The van der Waals surface area contributed by atoms with Gasteiger partial charge in [0, 0.05) is 18.7 Å². The van der Waals surface area contributed by atoms with E-state index in [2.05, 4.69) is 16.7 Å². The molecule has 1 aliphatic carbocycles. The van der Waals surface area contributed by atoms with E-state index in [0.29, 0.717) is 24.0 Å². The van der Waals surface area contributed by atoms with Gasteiger partial charge in [0.15, 0.2) is 0 Å². The standard InChI is InChI=1S/C15H20FNO3/c1-17(12-4-5-12)7-8-20-13-6-3-11(14(16)10-13)9-15(18)19-2/h3,6,10,12H,4-5,7-9H2,1-2H3. The first-order valence-electron chi connectivity index (χ1n) is 6.78. The minimum atomic E-state index is -0.455. The lowest BCUT2D eigenvalue weighted by molar-refractivity contribution is -0.139. The molecule has 1 fully saturated rings. The summed E-state index contributed by atoms with van der Waals surface area (Å²) in [6, 6.07) is 5.25. The Bertz CT molecular complexity index is 474. The highest BCUT2D eigenvalue weighted by molar-refractivity contribution is 5.72. The van der Waals surface area contributed by atoms with E-state index in [-0.39, 0.29) is 6.42 Å². The van der Waals surface area contributed by atoms with Crippen LogP contribution in [0.5, 0.6) is 5.75 Å². The minimum Gasteiger partial charge on any atom is -0.492 e. The van der Waals surface area contributed by atoms with Crippen LogP contribution >= 0.6 is 0 Å². The van der Waals surface area contributed by atoms with Crippen LogP contribution in [-0.2, 0) is 16.0 Å². The fraction of sp³-hybridized carbons (Fsp3) is 0.533. The minimum absolute atomic E-state index is 0.0625. The Morgan fingerprint density at radius 2 is 2.20 bits per heavy atom. The fourth-order valence-electron chi connectivity index (χ4n) is 1.99. The summed E-state index contributed by atoms with van der Waals surface area (Å²) < 4.78 is 23.8. The number of rotatable bonds is 7. The Labute approximate surface area is 118 Å². The van der Waals surface area contributed by atoms with Gasteiger partial charge in [-0.2, -0.15) is 0 Å². The first kappa shape index (κ1) is 14.8. The Morgan fingerprint density at radius 3 is 2.80 bits per heavy atom. The summed E-state index contributed by atoms with van der Waals surface area (Å²) in [5.74, 6) is -0.410. The molecular weight excluding hydrogens is 261 g/mol. The third-order valence-corrected chi connectivity index (χ3v) is 3.47. The molecule has 0 unspecified atom stereocenters. The molecule has 1 aliphatic rings. The fourth-order valence-corrected chi connectivity index (χ4v) is 1.99. The van der Waals surface area contributed by atoms with Gasteiger partial charge in [0.2, 0.25) is 0 Å². The predicted molar refractivity (Wildman–Crippen MR) is 73.3 cm³/mol. The van der Waals surface area contributed by atoms with Crippen molar-refractivity contribution >= 4 is 5.97 Å². The van der Waals surface area contributed by atoms with Gasteiger partial charge in [-0.25, -0.2) is 4.39 Å². The highest BCUT2D eigenvalue weighted by Crippen LogP contribution is 2.25. The molecule has 0 atom stereocenters. The number of hydrogen-bond acceptors (Lipinski definition) is 4. The summed E-state index contributed by atoms with van der Waals surface area (Å²) in [6.07, 6.45) is 2.45. The number of halogens is 1. The molecule has 0 radical (unpaired) electrons. The molecule has 0 N–H and O–H groups in total. The predicted octanol–water partition coefficient (Wildman–Crippen LogP) is 2.01. The molecule has 0 heterocycles. The monoisotopic (exact) mass is 281 g/mol. The van der Waals surface area contributed by atoms with Crippen molar-refractivity contribution in [1.82, 2.24) is 4.90 Å². The summed E-state index contributed by atoms with van der Waals surface area (Å²) in [7, 11) is 3.36. The van der Waals surface area contributed by atoms with Gasteiger partial charge in [-0.05, 0) is 31.5 Å². The number of hydrogen-bond donors (Lipinski definition) is 0. The second-order valence-corrected chi connectivity index (χ2v) is 5.07. The molecule has 20 heavy (non-hydrogen) atoms. The van der Waals surface area contributed by atoms with Crippen LogP contribution in [0.4, 0.5) is 4.39 Å². The molecule has 0 aliphatic heterocycles. The summed E-state index contributed by atoms with van der Waals surface area (Å²) in [5, 5.41) is 0. The van der Waals surface area contributed by atoms with Crippen LogP contribution in [-0.4, -0.2) is 44.2 Å². The molecule has 0 spiro atoms. The third kappa shape index (κ3) is 4.20. The van der Waals surface area contributed by atoms with E-state index < -0.39 is 11.8 Å². The number of carbonyl (C=O) groups excluding carboxylic acids is 1. The Hall–Kier alpha value is -1.62. The van der Waals surface area contributed by atoms with Gasteiger partial charge in [0.05, 0.1) is 13.5 Å². The highest BCUT2D eigenvalue weighted by Gasteiger charge is 2.25. The van der Waals surface area contributed by atoms with E-state index >= 15 is 0 Å². The zero-order chi connectivity index (χ0) is 14.5. The average Bonchev–Trinajstić information content (AvgIpc) is 3.26. The quantitative estimate of drug-likeness (QED) is 0.717. The normalized spacial score (nSPS) is 14.4. The third-order valence-electron chi connectivity index (χ3n) is 3.47. The van der Waals surface area contributed by atoms with Crippen LogP contribution in [0, 0.1) is 5.82 Å².